The molecule has 2 heterocycles. The number of rotatable bonds is 3. The van der Waals surface area contributed by atoms with Crippen molar-refractivity contribution in [3.05, 3.63) is 11.9 Å². The quantitative estimate of drug-likeness (QED) is 0.794. The fraction of sp³-hybridized carbons (Fsp3) is 0.800. The van der Waals surface area contributed by atoms with Gasteiger partial charge in [0, 0.05) is 19.6 Å². The van der Waals surface area contributed by atoms with E-state index in [1.807, 2.05) is 7.05 Å². The molecule has 5 nitrogen and oxygen atoms in total. The summed E-state index contributed by atoms with van der Waals surface area (Å²) in [6.45, 7) is 2.96. The largest absolute Gasteiger partial charge is 0.378 e. The highest BCUT2D eigenvalue weighted by atomic mass is 16.5. The van der Waals surface area contributed by atoms with Crippen molar-refractivity contribution in [1.82, 2.24) is 15.0 Å². The van der Waals surface area contributed by atoms with E-state index >= 15 is 0 Å². The Kier molecular flexibility index (Phi) is 3.02. The molecule has 1 fully saturated rings. The maximum absolute atomic E-state index is 6.23. The molecule has 1 aromatic rings. The van der Waals surface area contributed by atoms with Crippen molar-refractivity contribution in [1.29, 1.82) is 0 Å². The Labute approximate surface area is 89.6 Å². The summed E-state index contributed by atoms with van der Waals surface area (Å²) in [6, 6.07) is -0.0163. The van der Waals surface area contributed by atoms with Gasteiger partial charge in [0.15, 0.2) is 0 Å². The van der Waals surface area contributed by atoms with Gasteiger partial charge in [-0.1, -0.05) is 12.1 Å². The molecule has 2 rings (SSSR count). The van der Waals surface area contributed by atoms with E-state index in [1.54, 1.807) is 10.9 Å². The molecule has 0 aromatic carbocycles. The number of nitrogens with two attached hydrogens (primary N) is 1. The number of nitrogens with zero attached hydrogens (tertiary/aromatic N) is 3. The first-order chi connectivity index (χ1) is 7.24. The van der Waals surface area contributed by atoms with E-state index in [0.717, 1.165) is 25.1 Å². The van der Waals surface area contributed by atoms with E-state index in [2.05, 4.69) is 17.2 Å². The summed E-state index contributed by atoms with van der Waals surface area (Å²) in [7, 11) is 1.87. The average Bonchev–Trinajstić information content (AvgIpc) is 2.84. The standard InChI is InChI=1S/C10H18N4O/c1-3-9-7(4-5-15-9)10(11)8-6-12-13-14(8)2/h6-7,9-10H,3-5,11H2,1-2H3. The first-order valence-corrected chi connectivity index (χ1v) is 5.45. The number of aromatic nitrogens is 3. The molecule has 1 aromatic heterocycles. The van der Waals surface area contributed by atoms with Crippen LogP contribution in [0.4, 0.5) is 0 Å². The minimum Gasteiger partial charge on any atom is -0.378 e. The van der Waals surface area contributed by atoms with Crippen LogP contribution in [0, 0.1) is 5.92 Å². The third-order valence-electron chi connectivity index (χ3n) is 3.22. The summed E-state index contributed by atoms with van der Waals surface area (Å²) in [5.74, 6) is 0.396. The Hall–Kier alpha value is -0.940. The minimum absolute atomic E-state index is 0.0163. The molecule has 0 aliphatic carbocycles. The van der Waals surface area contributed by atoms with Gasteiger partial charge >= 0.3 is 0 Å². The highest BCUT2D eigenvalue weighted by Gasteiger charge is 2.33. The van der Waals surface area contributed by atoms with Crippen LogP contribution in [0.15, 0.2) is 6.20 Å². The predicted molar refractivity (Wildman–Crippen MR) is 56.1 cm³/mol. The van der Waals surface area contributed by atoms with Crippen molar-refractivity contribution in [2.24, 2.45) is 18.7 Å². The van der Waals surface area contributed by atoms with Gasteiger partial charge in [-0.2, -0.15) is 0 Å². The lowest BCUT2D eigenvalue weighted by atomic mass is 9.90. The highest BCUT2D eigenvalue weighted by Crippen LogP contribution is 2.32. The van der Waals surface area contributed by atoms with E-state index in [4.69, 9.17) is 10.5 Å². The average molecular weight is 210 g/mol. The van der Waals surface area contributed by atoms with Crippen molar-refractivity contribution in [3.8, 4) is 0 Å². The predicted octanol–water partition coefficient (Wildman–Crippen LogP) is 0.630. The van der Waals surface area contributed by atoms with Gasteiger partial charge in [-0.05, 0) is 12.8 Å². The topological polar surface area (TPSA) is 66.0 Å². The van der Waals surface area contributed by atoms with Gasteiger partial charge in [-0.3, -0.25) is 4.68 Å². The van der Waals surface area contributed by atoms with Crippen molar-refractivity contribution in [2.75, 3.05) is 6.61 Å². The van der Waals surface area contributed by atoms with Crippen LogP contribution in [-0.2, 0) is 11.8 Å². The summed E-state index contributed by atoms with van der Waals surface area (Å²) in [5.41, 5.74) is 7.22. The van der Waals surface area contributed by atoms with Gasteiger partial charge in [0.1, 0.15) is 0 Å². The molecule has 84 valence electrons. The lowest BCUT2D eigenvalue weighted by molar-refractivity contribution is 0.0806. The molecule has 0 bridgehead atoms. The number of ether oxygens (including phenoxy) is 1. The molecule has 1 aliphatic heterocycles. The molecule has 2 N–H and O–H groups in total. The number of hydrogen-bond donors (Lipinski definition) is 1. The van der Waals surface area contributed by atoms with E-state index in [-0.39, 0.29) is 12.1 Å². The maximum Gasteiger partial charge on any atom is 0.0754 e. The normalized spacial score (nSPS) is 28.2. The van der Waals surface area contributed by atoms with Crippen LogP contribution in [0.1, 0.15) is 31.5 Å². The Morgan fingerprint density at radius 2 is 2.53 bits per heavy atom. The van der Waals surface area contributed by atoms with Crippen LogP contribution >= 0.6 is 0 Å². The smallest absolute Gasteiger partial charge is 0.0754 e. The molecule has 1 saturated heterocycles. The summed E-state index contributed by atoms with van der Waals surface area (Å²) in [6.07, 6.45) is 4.08. The van der Waals surface area contributed by atoms with Crippen LogP contribution < -0.4 is 5.73 Å². The van der Waals surface area contributed by atoms with Gasteiger partial charge in [-0.15, -0.1) is 5.10 Å². The lowest BCUT2D eigenvalue weighted by Gasteiger charge is -2.23. The zero-order valence-electron chi connectivity index (χ0n) is 9.26. The second kappa shape index (κ2) is 4.28. The molecule has 0 spiro atoms. The molecule has 5 heteroatoms. The summed E-state index contributed by atoms with van der Waals surface area (Å²) in [5, 5.41) is 7.76. The highest BCUT2D eigenvalue weighted by molar-refractivity contribution is 5.04. The SMILES string of the molecule is CCC1OCCC1C(N)c1cnnn1C. The second-order valence-corrected chi connectivity index (χ2v) is 4.08. The van der Waals surface area contributed by atoms with Crippen molar-refractivity contribution in [2.45, 2.75) is 31.9 Å². The third-order valence-corrected chi connectivity index (χ3v) is 3.22. The molecule has 3 unspecified atom stereocenters. The Morgan fingerprint density at radius 3 is 3.13 bits per heavy atom. The van der Waals surface area contributed by atoms with E-state index < -0.39 is 0 Å². The molecular formula is C10H18N4O. The van der Waals surface area contributed by atoms with Crippen molar-refractivity contribution in [3.63, 3.8) is 0 Å². The van der Waals surface area contributed by atoms with E-state index in [1.165, 1.54) is 0 Å². The van der Waals surface area contributed by atoms with Gasteiger partial charge in [-0.25, -0.2) is 0 Å². The molecule has 0 saturated carbocycles. The summed E-state index contributed by atoms with van der Waals surface area (Å²) in [4.78, 5) is 0. The molecular weight excluding hydrogens is 192 g/mol. The Morgan fingerprint density at radius 1 is 1.73 bits per heavy atom. The fourth-order valence-electron chi connectivity index (χ4n) is 2.32. The van der Waals surface area contributed by atoms with Crippen LogP contribution in [0.5, 0.6) is 0 Å². The van der Waals surface area contributed by atoms with Crippen molar-refractivity contribution < 1.29 is 4.74 Å². The second-order valence-electron chi connectivity index (χ2n) is 4.08. The van der Waals surface area contributed by atoms with Gasteiger partial charge in [0.25, 0.3) is 0 Å². The molecule has 3 atom stereocenters. The molecule has 15 heavy (non-hydrogen) atoms. The van der Waals surface area contributed by atoms with Crippen molar-refractivity contribution >= 4 is 0 Å². The fourth-order valence-corrected chi connectivity index (χ4v) is 2.32. The van der Waals surface area contributed by atoms with E-state index in [9.17, 15) is 0 Å². The molecule has 0 amide bonds. The summed E-state index contributed by atoms with van der Waals surface area (Å²) < 4.78 is 7.39. The number of hydrogen-bond acceptors (Lipinski definition) is 4. The lowest BCUT2D eigenvalue weighted by Crippen LogP contribution is -2.29. The molecule has 0 radical (unpaired) electrons. The van der Waals surface area contributed by atoms with Crippen LogP contribution in [0.3, 0.4) is 0 Å². The van der Waals surface area contributed by atoms with Gasteiger partial charge < -0.3 is 10.5 Å². The Bertz CT molecular complexity index is 325. The molecule has 1 aliphatic rings. The number of aryl methyl sites for hydroxylation is 1. The first-order valence-electron chi connectivity index (χ1n) is 5.45. The van der Waals surface area contributed by atoms with Gasteiger partial charge in [0.2, 0.25) is 0 Å². The third kappa shape index (κ3) is 1.89. The van der Waals surface area contributed by atoms with Crippen LogP contribution in [0.25, 0.3) is 0 Å². The summed E-state index contributed by atoms with van der Waals surface area (Å²) >= 11 is 0. The zero-order chi connectivity index (χ0) is 10.8. The zero-order valence-corrected chi connectivity index (χ0v) is 9.26. The van der Waals surface area contributed by atoms with Crippen LogP contribution in [0.2, 0.25) is 0 Å². The maximum atomic E-state index is 6.23. The van der Waals surface area contributed by atoms with Gasteiger partial charge in [0.05, 0.1) is 24.0 Å². The Balaban J connectivity index is 2.13. The monoisotopic (exact) mass is 210 g/mol. The van der Waals surface area contributed by atoms with Crippen LogP contribution in [-0.4, -0.2) is 27.7 Å². The minimum atomic E-state index is -0.0163. The van der Waals surface area contributed by atoms with E-state index in [0.29, 0.717) is 5.92 Å². The first kappa shape index (κ1) is 10.6.